The normalized spacial score (nSPS) is 21.7. The molecule has 0 bridgehead atoms. The van der Waals surface area contributed by atoms with Crippen molar-refractivity contribution in [2.75, 3.05) is 0 Å². The van der Waals surface area contributed by atoms with Crippen LogP contribution in [0.3, 0.4) is 0 Å². The molecule has 0 amide bonds. The topological polar surface area (TPSA) is 116 Å². The predicted octanol–water partition coefficient (Wildman–Crippen LogP) is 2.67. The predicted molar refractivity (Wildman–Crippen MR) is 97.7 cm³/mol. The second-order valence-corrected chi connectivity index (χ2v) is 8.21. The van der Waals surface area contributed by atoms with E-state index in [-0.39, 0.29) is 16.3 Å². The van der Waals surface area contributed by atoms with Crippen molar-refractivity contribution < 1.29 is 24.0 Å². The molecule has 8 nitrogen and oxygen atoms in total. The number of esters is 1. The molecule has 3 rings (SSSR count). The smallest absolute Gasteiger partial charge is 0.331 e. The van der Waals surface area contributed by atoms with E-state index in [1.54, 1.807) is 20.8 Å². The van der Waals surface area contributed by atoms with E-state index in [1.165, 1.54) is 30.5 Å². The van der Waals surface area contributed by atoms with Gasteiger partial charge in [0.25, 0.3) is 0 Å². The average Bonchev–Trinajstić information content (AvgIpc) is 3.02. The number of thioether (sulfide) groups is 1. The zero-order valence-corrected chi connectivity index (χ0v) is 15.6. The van der Waals surface area contributed by atoms with Crippen molar-refractivity contribution in [3.8, 4) is 0 Å². The van der Waals surface area contributed by atoms with E-state index in [0.29, 0.717) is 5.56 Å². The number of ketones is 2. The molecule has 0 fully saturated rings. The largest absolute Gasteiger partial charge is 0.457 e. The number of rotatable bonds is 3. The maximum atomic E-state index is 12.9. The molecular formula is C18H16N2O6S. The summed E-state index contributed by atoms with van der Waals surface area (Å²) in [5.74, 6) is -2.34. The lowest BCUT2D eigenvalue weighted by Gasteiger charge is -2.23. The molecule has 9 heteroatoms. The Morgan fingerprint density at radius 2 is 2.04 bits per heavy atom. The number of carbonyl (C=O) groups is 3. The number of Topliss-reactive ketones (excluding diaryl/α,β-unsaturated/α-hetero) is 2. The van der Waals surface area contributed by atoms with Crippen molar-refractivity contribution in [3.63, 3.8) is 0 Å². The highest BCUT2D eigenvalue weighted by atomic mass is 32.2. The van der Waals surface area contributed by atoms with E-state index in [1.807, 2.05) is 0 Å². The van der Waals surface area contributed by atoms with Gasteiger partial charge in [-0.1, -0.05) is 0 Å². The number of hydrogen-bond donors (Lipinski definition) is 0. The molecule has 140 valence electrons. The van der Waals surface area contributed by atoms with E-state index in [9.17, 15) is 24.5 Å². The van der Waals surface area contributed by atoms with Crippen LogP contribution in [0.1, 0.15) is 47.2 Å². The summed E-state index contributed by atoms with van der Waals surface area (Å²) in [6.07, 6.45) is 5.14. The summed E-state index contributed by atoms with van der Waals surface area (Å²) in [5.41, 5.74) is -0.274. The van der Waals surface area contributed by atoms with Gasteiger partial charge >= 0.3 is 11.0 Å². The fourth-order valence-corrected chi connectivity index (χ4v) is 4.02. The first kappa shape index (κ1) is 19.0. The van der Waals surface area contributed by atoms with Crippen LogP contribution in [-0.2, 0) is 9.53 Å². The van der Waals surface area contributed by atoms with Gasteiger partial charge in [-0.25, -0.2) is 4.79 Å². The molecule has 0 saturated carbocycles. The highest BCUT2D eigenvalue weighted by molar-refractivity contribution is 8.04. The minimum absolute atomic E-state index is 0.0333. The molecule has 1 aromatic rings. The van der Waals surface area contributed by atoms with Crippen LogP contribution in [0.15, 0.2) is 29.4 Å². The lowest BCUT2D eigenvalue weighted by Crippen LogP contribution is -2.37. The van der Waals surface area contributed by atoms with Gasteiger partial charge in [0.2, 0.25) is 0 Å². The van der Waals surface area contributed by atoms with Crippen molar-refractivity contribution in [2.24, 2.45) is 5.92 Å². The van der Waals surface area contributed by atoms with Crippen molar-refractivity contribution in [1.29, 1.82) is 0 Å². The number of nitrogens with zero attached hydrogens (tertiary/aromatic N) is 2. The van der Waals surface area contributed by atoms with Gasteiger partial charge in [0.1, 0.15) is 11.3 Å². The lowest BCUT2D eigenvalue weighted by molar-refractivity contribution is -0.410. The maximum absolute atomic E-state index is 12.9. The van der Waals surface area contributed by atoms with Crippen LogP contribution < -0.4 is 0 Å². The van der Waals surface area contributed by atoms with Crippen LogP contribution in [0.5, 0.6) is 0 Å². The Bertz CT molecular complexity index is 928. The van der Waals surface area contributed by atoms with Gasteiger partial charge in [0.05, 0.1) is 21.7 Å². The van der Waals surface area contributed by atoms with Crippen LogP contribution in [0, 0.1) is 16.0 Å². The Morgan fingerprint density at radius 3 is 2.67 bits per heavy atom. The van der Waals surface area contributed by atoms with Crippen LogP contribution in [0.2, 0.25) is 0 Å². The summed E-state index contributed by atoms with van der Waals surface area (Å²) in [6, 6.07) is 1.51. The van der Waals surface area contributed by atoms with Crippen molar-refractivity contribution in [3.05, 3.63) is 56.4 Å². The summed E-state index contributed by atoms with van der Waals surface area (Å²) < 4.78 is 5.18. The van der Waals surface area contributed by atoms with Gasteiger partial charge in [0.15, 0.2) is 11.6 Å². The number of hydrogen-bond acceptors (Lipinski definition) is 8. The minimum atomic E-state index is -0.895. The van der Waals surface area contributed by atoms with Gasteiger partial charge < -0.3 is 4.74 Å². The molecule has 2 unspecified atom stereocenters. The van der Waals surface area contributed by atoms with Crippen LogP contribution >= 0.6 is 11.8 Å². The molecule has 0 N–H and O–H groups in total. The van der Waals surface area contributed by atoms with Gasteiger partial charge in [-0.05, 0) is 50.2 Å². The van der Waals surface area contributed by atoms with E-state index in [0.717, 1.165) is 11.8 Å². The SMILES string of the molecule is CC(C)(C)OC(=O)/C=C/c1ccnc2c1C(=O)C1SC([N+](=O)[O-])=CC1C2=O. The van der Waals surface area contributed by atoms with Crippen LogP contribution in [-0.4, -0.2) is 38.3 Å². The first-order valence-corrected chi connectivity index (χ1v) is 8.98. The van der Waals surface area contributed by atoms with Crippen LogP contribution in [0.25, 0.3) is 6.08 Å². The average molecular weight is 388 g/mol. The van der Waals surface area contributed by atoms with Gasteiger partial charge in [-0.2, -0.15) is 0 Å². The van der Waals surface area contributed by atoms with Crippen molar-refractivity contribution in [2.45, 2.75) is 31.6 Å². The van der Waals surface area contributed by atoms with E-state index >= 15 is 0 Å². The summed E-state index contributed by atoms with van der Waals surface area (Å²) in [4.78, 5) is 51.8. The van der Waals surface area contributed by atoms with Crippen molar-refractivity contribution >= 4 is 35.4 Å². The molecule has 0 saturated heterocycles. The molecule has 1 aliphatic heterocycles. The number of ether oxygens (including phenoxy) is 1. The standard InChI is InChI=1S/C18H16N2O6S/c1-18(2,3)26-12(21)5-4-9-6-7-19-14-13(9)16(23)17-10(15(14)22)8-11(27-17)20(24)25/h4-8,10,17H,1-3H3/b5-4+. The Morgan fingerprint density at radius 1 is 1.33 bits per heavy atom. The highest BCUT2D eigenvalue weighted by Gasteiger charge is 2.49. The summed E-state index contributed by atoms with van der Waals surface area (Å²) in [5, 5.41) is 9.90. The Kier molecular flexibility index (Phi) is 4.73. The van der Waals surface area contributed by atoms with Gasteiger partial charge in [-0.15, -0.1) is 0 Å². The molecule has 0 spiro atoms. The van der Waals surface area contributed by atoms with Gasteiger partial charge in [0, 0.05) is 18.3 Å². The third kappa shape index (κ3) is 3.68. The second-order valence-electron chi connectivity index (χ2n) is 7.05. The molecule has 2 atom stereocenters. The number of allylic oxidation sites excluding steroid dienone is 1. The monoisotopic (exact) mass is 388 g/mol. The highest BCUT2D eigenvalue weighted by Crippen LogP contribution is 2.43. The zero-order valence-electron chi connectivity index (χ0n) is 14.8. The van der Waals surface area contributed by atoms with Gasteiger partial charge in [-0.3, -0.25) is 24.7 Å². The first-order chi connectivity index (χ1) is 12.6. The fraction of sp³-hybridized carbons (Fsp3) is 0.333. The molecule has 27 heavy (non-hydrogen) atoms. The molecule has 2 aliphatic rings. The summed E-state index contributed by atoms with van der Waals surface area (Å²) >= 11 is 0.767. The molecule has 0 aromatic carbocycles. The second kappa shape index (κ2) is 6.73. The molecule has 0 radical (unpaired) electrons. The molecule has 1 aliphatic carbocycles. The number of nitro groups is 1. The lowest BCUT2D eigenvalue weighted by atomic mass is 9.82. The number of carbonyl (C=O) groups excluding carboxylic acids is 3. The maximum Gasteiger partial charge on any atom is 0.331 e. The van der Waals surface area contributed by atoms with Crippen molar-refractivity contribution in [1.82, 2.24) is 4.98 Å². The Hall–Kier alpha value is -2.81. The summed E-state index contributed by atoms with van der Waals surface area (Å²) in [7, 11) is 0. The zero-order chi connectivity index (χ0) is 19.9. The quantitative estimate of drug-likeness (QED) is 0.336. The van der Waals surface area contributed by atoms with Crippen LogP contribution in [0.4, 0.5) is 0 Å². The van der Waals surface area contributed by atoms with E-state index in [2.05, 4.69) is 4.98 Å². The van der Waals surface area contributed by atoms with E-state index in [4.69, 9.17) is 4.74 Å². The Balaban J connectivity index is 1.95. The molecule has 1 aromatic heterocycles. The number of aromatic nitrogens is 1. The number of pyridine rings is 1. The minimum Gasteiger partial charge on any atom is -0.457 e. The third-order valence-electron chi connectivity index (χ3n) is 3.91. The third-order valence-corrected chi connectivity index (χ3v) is 5.19. The molecule has 2 heterocycles. The summed E-state index contributed by atoms with van der Waals surface area (Å²) in [6.45, 7) is 5.19. The Labute approximate surface area is 158 Å². The first-order valence-electron chi connectivity index (χ1n) is 8.10. The fourth-order valence-electron chi connectivity index (χ4n) is 2.87. The molecular weight excluding hydrogens is 372 g/mol. The van der Waals surface area contributed by atoms with E-state index < -0.39 is 39.2 Å². The number of fused-ring (bicyclic) bond motifs is 2.